The molecule has 0 atom stereocenters. The van der Waals surface area contributed by atoms with Crippen molar-refractivity contribution in [1.29, 1.82) is 0 Å². The molecule has 0 bridgehead atoms. The molecule has 0 aliphatic carbocycles. The van der Waals surface area contributed by atoms with E-state index in [4.69, 9.17) is 4.74 Å². The van der Waals surface area contributed by atoms with Gasteiger partial charge in [-0.1, -0.05) is 18.2 Å². The van der Waals surface area contributed by atoms with Crippen LogP contribution in [0.15, 0.2) is 63.2 Å². The van der Waals surface area contributed by atoms with Crippen LogP contribution in [-0.4, -0.2) is 79.2 Å². The monoisotopic (exact) mass is 788 g/mol. The van der Waals surface area contributed by atoms with Crippen LogP contribution in [0.2, 0.25) is 0 Å². The van der Waals surface area contributed by atoms with Crippen LogP contribution in [0.5, 0.6) is 5.75 Å². The lowest BCUT2D eigenvalue weighted by atomic mass is 9.93. The molecule has 1 fully saturated rings. The van der Waals surface area contributed by atoms with Crippen molar-refractivity contribution >= 4 is 90.1 Å². The molecule has 0 unspecified atom stereocenters. The van der Waals surface area contributed by atoms with E-state index in [-0.39, 0.29) is 45.6 Å². The third kappa shape index (κ3) is 8.51. The molecule has 53 heavy (non-hydrogen) atoms. The molecule has 282 valence electrons. The van der Waals surface area contributed by atoms with E-state index in [0.29, 0.717) is 108 Å². The molecule has 2 aliphatic rings. The third-order valence-electron chi connectivity index (χ3n) is 9.15. The maximum Gasteiger partial charge on any atom is 0.260 e. The number of carbonyl (C=O) groups is 4. The molecule has 0 saturated carbocycles. The Hall–Kier alpha value is -4.09. The Labute approximate surface area is 310 Å². The summed E-state index contributed by atoms with van der Waals surface area (Å²) in [5.74, 6) is -1.18. The number of hydrogen-bond acceptors (Lipinski definition) is 16. The van der Waals surface area contributed by atoms with E-state index in [1.807, 2.05) is 0 Å². The molecule has 6 rings (SSSR count). The van der Waals surface area contributed by atoms with Gasteiger partial charge in [0.25, 0.3) is 17.7 Å². The van der Waals surface area contributed by atoms with Gasteiger partial charge in [-0.2, -0.15) is 8.67 Å². The maximum atomic E-state index is 13.3. The Balaban J connectivity index is 1.11. The van der Waals surface area contributed by atoms with Gasteiger partial charge in [-0.25, -0.2) is 8.42 Å². The van der Waals surface area contributed by atoms with Gasteiger partial charge in [0.15, 0.2) is 6.61 Å². The molecule has 0 radical (unpaired) electrons. The number of hydrogen-bond donors (Lipinski definition) is 1. The van der Waals surface area contributed by atoms with Gasteiger partial charge in [0.05, 0.1) is 33.9 Å². The zero-order valence-corrected chi connectivity index (χ0v) is 30.1. The quantitative estimate of drug-likeness (QED) is 0.0305. The molecule has 4 aromatic carbocycles. The highest BCUT2D eigenvalue weighted by Gasteiger charge is 2.28. The Kier molecular flexibility index (Phi) is 12.3. The lowest BCUT2D eigenvalue weighted by Gasteiger charge is -2.31. The maximum absolute atomic E-state index is 13.3. The molecule has 17 nitrogen and oxygen atoms in total. The number of amides is 4. The standard InChI is InChI=1S/C33H33N3O14S3/c37-28-8-9-29(38)36(28)13-3-1-2-12-34-33(40)19-10-14-35(15-11-19)30(39)18-46-24-16-25(51-49-47-41)21-5-6-22-26(52-50-48-42)17-27(53(43,44)45)23-7-4-20(24)31(21)32(22)23/h4-9,16-17,19,41-42H,1-3,10-15,18H2,(H,34,40)(H,43,44,45)/p-3. The minimum absolute atomic E-state index is 0.0724. The number of nitrogens with zero attached hydrogens (tertiary/aromatic N) is 2. The largest absolute Gasteiger partial charge is 0.744 e. The number of carbonyl (C=O) groups excluding carboxylic acids is 4. The van der Waals surface area contributed by atoms with Crippen molar-refractivity contribution < 1.29 is 66.1 Å². The molecule has 1 N–H and O–H groups in total. The highest BCUT2D eigenvalue weighted by atomic mass is 32.2. The lowest BCUT2D eigenvalue weighted by molar-refractivity contribution is -0.777. The van der Waals surface area contributed by atoms with E-state index in [1.165, 1.54) is 29.2 Å². The fraction of sp³-hybridized carbons (Fsp3) is 0.333. The van der Waals surface area contributed by atoms with Gasteiger partial charge in [0, 0.05) is 65.3 Å². The van der Waals surface area contributed by atoms with Crippen LogP contribution in [0.4, 0.5) is 0 Å². The van der Waals surface area contributed by atoms with Crippen LogP contribution in [0.1, 0.15) is 32.1 Å². The van der Waals surface area contributed by atoms with Crippen LogP contribution < -0.4 is 20.6 Å². The zero-order valence-electron chi connectivity index (χ0n) is 27.6. The Morgan fingerprint density at radius 3 is 2.04 bits per heavy atom. The van der Waals surface area contributed by atoms with Crippen LogP contribution in [0.25, 0.3) is 32.3 Å². The Morgan fingerprint density at radius 1 is 0.830 bits per heavy atom. The van der Waals surface area contributed by atoms with E-state index in [0.717, 1.165) is 12.5 Å². The predicted octanol–water partition coefficient (Wildman–Crippen LogP) is 1.78. The second-order valence-electron chi connectivity index (χ2n) is 12.2. The fourth-order valence-corrected chi connectivity index (χ4v) is 8.45. The summed E-state index contributed by atoms with van der Waals surface area (Å²) in [7, 11) is -5.02. The van der Waals surface area contributed by atoms with Crippen molar-refractivity contribution in [2.45, 2.75) is 46.8 Å². The van der Waals surface area contributed by atoms with Gasteiger partial charge in [0.2, 0.25) is 5.91 Å². The minimum Gasteiger partial charge on any atom is -0.744 e. The average Bonchev–Trinajstić information content (AvgIpc) is 3.47. The minimum atomic E-state index is -5.02. The van der Waals surface area contributed by atoms with Crippen molar-refractivity contribution in [1.82, 2.24) is 15.1 Å². The second-order valence-corrected chi connectivity index (χ2v) is 15.0. The normalized spacial score (nSPS) is 15.5. The van der Waals surface area contributed by atoms with Crippen molar-refractivity contribution in [2.75, 3.05) is 32.8 Å². The summed E-state index contributed by atoms with van der Waals surface area (Å²) < 4.78 is 52.0. The lowest BCUT2D eigenvalue weighted by Crippen LogP contribution is -2.44. The summed E-state index contributed by atoms with van der Waals surface area (Å²) in [5, 5.41) is 33.3. The van der Waals surface area contributed by atoms with Crippen LogP contribution in [-0.2, 0) is 48.0 Å². The first-order valence-corrected chi connectivity index (χ1v) is 19.1. The predicted molar refractivity (Wildman–Crippen MR) is 182 cm³/mol. The van der Waals surface area contributed by atoms with Crippen LogP contribution in [0, 0.1) is 5.92 Å². The number of nitrogens with one attached hydrogen (secondary N) is 1. The van der Waals surface area contributed by atoms with Crippen molar-refractivity contribution in [3.05, 3.63) is 48.6 Å². The van der Waals surface area contributed by atoms with Gasteiger partial charge in [-0.05, 0) is 66.5 Å². The molecule has 0 spiro atoms. The van der Waals surface area contributed by atoms with E-state index in [9.17, 15) is 42.7 Å². The third-order valence-corrected chi connectivity index (χ3v) is 11.3. The van der Waals surface area contributed by atoms with Crippen molar-refractivity contribution in [3.8, 4) is 5.75 Å². The number of benzene rings is 4. The van der Waals surface area contributed by atoms with E-state index in [1.54, 1.807) is 23.1 Å². The number of ether oxygens (including phenoxy) is 1. The summed E-state index contributed by atoms with van der Waals surface area (Å²) in [5.41, 5.74) is 0. The molecular weight excluding hydrogens is 759 g/mol. The SMILES string of the molecule is O=C(NCCCCCN1C(=O)C=CC1=O)C1CCN(C(=O)COc2cc(SOO[O-])c3ccc4c(SOO[O-])cc(S(=O)(=O)[O-])c5ccc2c3c45)CC1. The van der Waals surface area contributed by atoms with Gasteiger partial charge in [0.1, 0.15) is 15.9 Å². The van der Waals surface area contributed by atoms with E-state index >= 15 is 0 Å². The summed E-state index contributed by atoms with van der Waals surface area (Å²) in [6, 6.07) is 8.81. The first-order valence-electron chi connectivity index (χ1n) is 16.2. The Morgan fingerprint density at radius 2 is 1.42 bits per heavy atom. The van der Waals surface area contributed by atoms with Gasteiger partial charge < -0.3 is 30.0 Å². The molecule has 4 aromatic rings. The van der Waals surface area contributed by atoms with Gasteiger partial charge >= 0.3 is 0 Å². The summed E-state index contributed by atoms with van der Waals surface area (Å²) >= 11 is 0.957. The molecule has 2 aliphatic heterocycles. The van der Waals surface area contributed by atoms with Crippen molar-refractivity contribution in [3.63, 3.8) is 0 Å². The molecule has 2 heterocycles. The summed E-state index contributed by atoms with van der Waals surface area (Å²) in [6.45, 7) is 1.03. The zero-order chi connectivity index (χ0) is 37.7. The number of imide groups is 1. The first-order chi connectivity index (χ1) is 25.5. The van der Waals surface area contributed by atoms with Crippen LogP contribution in [0.3, 0.4) is 0 Å². The number of likely N-dealkylation sites (tertiary alicyclic amines) is 1. The molecule has 0 aromatic heterocycles. The van der Waals surface area contributed by atoms with E-state index < -0.39 is 21.6 Å². The number of rotatable bonds is 17. The first kappa shape index (κ1) is 38.6. The molecule has 20 heteroatoms. The number of unbranched alkanes of at least 4 members (excludes halogenated alkanes) is 2. The van der Waals surface area contributed by atoms with Crippen molar-refractivity contribution in [2.24, 2.45) is 5.92 Å². The number of piperidine rings is 1. The molecular formula is C33H30N3O14S3-3. The average molecular weight is 789 g/mol. The summed E-state index contributed by atoms with van der Waals surface area (Å²) in [4.78, 5) is 51.9. The van der Waals surface area contributed by atoms with E-state index in [2.05, 4.69) is 24.1 Å². The molecule has 1 saturated heterocycles. The smallest absolute Gasteiger partial charge is 0.260 e. The summed E-state index contributed by atoms with van der Waals surface area (Å²) in [6.07, 6.45) is 5.44. The van der Waals surface area contributed by atoms with Gasteiger partial charge in [-0.3, -0.25) is 34.2 Å². The fourth-order valence-electron chi connectivity index (χ4n) is 6.63. The highest BCUT2D eigenvalue weighted by Crippen LogP contribution is 2.47. The Bertz CT molecular complexity index is 2150. The highest BCUT2D eigenvalue weighted by molar-refractivity contribution is 7.95. The topological polar surface area (TPSA) is 236 Å². The van der Waals surface area contributed by atoms with Crippen LogP contribution >= 0.6 is 24.1 Å². The second kappa shape index (κ2) is 16.9. The molecule has 4 amide bonds. The van der Waals surface area contributed by atoms with Gasteiger partial charge in [-0.15, -0.1) is 0 Å².